The van der Waals surface area contributed by atoms with E-state index < -0.39 is 8.41 Å². The van der Waals surface area contributed by atoms with E-state index in [1.165, 1.54) is 28.2 Å². The summed E-state index contributed by atoms with van der Waals surface area (Å²) in [4.78, 5) is 0. The van der Waals surface area contributed by atoms with Gasteiger partial charge in [0.05, 0.1) is 5.69 Å². The normalized spacial score (nSPS) is 13.5. The molecule has 0 N–H and O–H groups in total. The molecule has 3 rings (SSSR count). The van der Waals surface area contributed by atoms with Crippen LogP contribution in [-0.2, 0) is 0 Å². The summed E-state index contributed by atoms with van der Waals surface area (Å²) < 4.78 is 2.37. The Hall–Kier alpha value is -1.67. The standard InChI is InChI=1S/C17H19NSi/c1-12-10-16-15(17(12)19(3)4)11-13(2)18(16)14-8-6-5-7-9-14/h5-11H,1-4H3. The smallest absolute Gasteiger partial charge is 0.0535 e. The fourth-order valence-electron chi connectivity index (χ4n) is 3.07. The molecule has 1 nitrogen and oxygen atoms in total. The average Bonchev–Trinajstić information content (AvgIpc) is 2.82. The lowest BCUT2D eigenvalue weighted by Crippen LogP contribution is -2.09. The van der Waals surface area contributed by atoms with Crippen molar-refractivity contribution in [2.45, 2.75) is 26.9 Å². The zero-order valence-electron chi connectivity index (χ0n) is 12.0. The molecule has 0 aliphatic heterocycles. The average molecular weight is 265 g/mol. The number of aryl methyl sites for hydroxylation is 1. The second kappa shape index (κ2) is 4.46. The Morgan fingerprint density at radius 3 is 2.32 bits per heavy atom. The summed E-state index contributed by atoms with van der Waals surface area (Å²) in [5, 5.41) is 1.60. The van der Waals surface area contributed by atoms with Crippen LogP contribution in [0, 0.1) is 6.92 Å². The van der Waals surface area contributed by atoms with Crippen LogP contribution < -0.4 is 0 Å². The molecule has 0 saturated heterocycles. The highest BCUT2D eigenvalue weighted by atomic mass is 28.2. The summed E-state index contributed by atoms with van der Waals surface area (Å²) in [7, 11) is -0.422. The van der Waals surface area contributed by atoms with Gasteiger partial charge in [0.1, 0.15) is 0 Å². The van der Waals surface area contributed by atoms with Gasteiger partial charge in [-0.25, -0.2) is 0 Å². The molecule has 96 valence electrons. The van der Waals surface area contributed by atoms with Gasteiger partial charge >= 0.3 is 0 Å². The second-order valence-corrected chi connectivity index (χ2v) is 7.96. The molecule has 1 aliphatic rings. The molecule has 0 unspecified atom stereocenters. The maximum absolute atomic E-state index is 2.38. The number of fused-ring (bicyclic) bond motifs is 1. The first-order valence-electron chi connectivity index (χ1n) is 6.74. The van der Waals surface area contributed by atoms with Crippen molar-refractivity contribution in [3.8, 4) is 5.69 Å². The zero-order chi connectivity index (χ0) is 13.6. The maximum Gasteiger partial charge on any atom is 0.0535 e. The topological polar surface area (TPSA) is 4.93 Å². The van der Waals surface area contributed by atoms with Gasteiger partial charge < -0.3 is 4.57 Å². The molecule has 1 aliphatic carbocycles. The van der Waals surface area contributed by atoms with Gasteiger partial charge in [-0.15, -0.1) is 0 Å². The third kappa shape index (κ3) is 1.87. The van der Waals surface area contributed by atoms with Crippen LogP contribution in [0.15, 0.2) is 42.0 Å². The fraction of sp³-hybridized carbons (Fsp3) is 0.235. The van der Waals surface area contributed by atoms with Crippen LogP contribution in [0.3, 0.4) is 0 Å². The SMILES string of the molecule is CC1=Cc2c(cc(C)n2-c2ccccc2)C1=[Si](C)C. The molecule has 0 atom stereocenters. The first kappa shape index (κ1) is 12.4. The Morgan fingerprint density at radius 2 is 1.68 bits per heavy atom. The minimum absolute atomic E-state index is 0.422. The van der Waals surface area contributed by atoms with Crippen LogP contribution in [-0.4, -0.2) is 18.1 Å². The van der Waals surface area contributed by atoms with Crippen LogP contribution in [0.5, 0.6) is 0 Å². The van der Waals surface area contributed by atoms with Gasteiger partial charge in [-0.1, -0.05) is 31.3 Å². The molecule has 0 spiro atoms. The van der Waals surface area contributed by atoms with E-state index in [0.717, 1.165) is 0 Å². The molecule has 0 radical (unpaired) electrons. The lowest BCUT2D eigenvalue weighted by atomic mass is 10.2. The number of allylic oxidation sites excluding steroid dienone is 1. The van der Waals surface area contributed by atoms with Crippen molar-refractivity contribution in [2.24, 2.45) is 0 Å². The summed E-state index contributed by atoms with van der Waals surface area (Å²) in [5.74, 6) is 0. The van der Waals surface area contributed by atoms with E-state index >= 15 is 0 Å². The van der Waals surface area contributed by atoms with E-state index in [4.69, 9.17) is 0 Å². The number of hydrogen-bond donors (Lipinski definition) is 0. The van der Waals surface area contributed by atoms with Gasteiger partial charge in [-0.2, -0.15) is 0 Å². The largest absolute Gasteiger partial charge is 0.314 e. The minimum Gasteiger partial charge on any atom is -0.314 e. The number of nitrogens with zero attached hydrogens (tertiary/aromatic N) is 1. The van der Waals surface area contributed by atoms with E-state index in [0.29, 0.717) is 0 Å². The van der Waals surface area contributed by atoms with Crippen molar-refractivity contribution < 1.29 is 0 Å². The van der Waals surface area contributed by atoms with Crippen molar-refractivity contribution in [1.82, 2.24) is 4.57 Å². The van der Waals surface area contributed by atoms with Crippen molar-refractivity contribution in [3.05, 3.63) is 58.9 Å². The van der Waals surface area contributed by atoms with E-state index in [9.17, 15) is 0 Å². The molecular formula is C17H19NSi. The quantitative estimate of drug-likeness (QED) is 0.685. The highest BCUT2D eigenvalue weighted by Crippen LogP contribution is 2.31. The lowest BCUT2D eigenvalue weighted by molar-refractivity contribution is 1.00. The van der Waals surface area contributed by atoms with E-state index in [2.05, 4.69) is 74.0 Å². The van der Waals surface area contributed by atoms with Crippen molar-refractivity contribution in [2.75, 3.05) is 0 Å². The van der Waals surface area contributed by atoms with Gasteiger partial charge in [0, 0.05) is 25.4 Å². The minimum atomic E-state index is -0.422. The van der Waals surface area contributed by atoms with Crippen LogP contribution in [0.2, 0.25) is 13.1 Å². The molecule has 1 aromatic heterocycles. The summed E-state index contributed by atoms with van der Waals surface area (Å²) in [6, 6.07) is 13.0. The molecule has 0 saturated carbocycles. The Morgan fingerprint density at radius 1 is 1.00 bits per heavy atom. The molecule has 19 heavy (non-hydrogen) atoms. The fourth-order valence-corrected chi connectivity index (χ4v) is 4.67. The number of rotatable bonds is 1. The zero-order valence-corrected chi connectivity index (χ0v) is 13.0. The first-order valence-corrected chi connectivity index (χ1v) is 9.24. The highest BCUT2D eigenvalue weighted by molar-refractivity contribution is 6.75. The van der Waals surface area contributed by atoms with Gasteiger partial charge in [0.2, 0.25) is 0 Å². The molecule has 1 aromatic carbocycles. The number of aromatic nitrogens is 1. The Kier molecular flexibility index (Phi) is 2.90. The number of benzene rings is 1. The Bertz CT molecular complexity index is 698. The van der Waals surface area contributed by atoms with Gasteiger partial charge in [-0.05, 0) is 48.9 Å². The van der Waals surface area contributed by atoms with E-state index in [1.807, 2.05) is 0 Å². The number of hydrogen-bond acceptors (Lipinski definition) is 0. The van der Waals surface area contributed by atoms with Crippen LogP contribution in [0.1, 0.15) is 23.9 Å². The van der Waals surface area contributed by atoms with E-state index in [1.54, 1.807) is 5.17 Å². The van der Waals surface area contributed by atoms with Crippen LogP contribution >= 0.6 is 0 Å². The van der Waals surface area contributed by atoms with Crippen LogP contribution in [0.4, 0.5) is 0 Å². The Labute approximate surface area is 116 Å². The summed E-state index contributed by atoms with van der Waals surface area (Å²) in [6.45, 7) is 9.20. The monoisotopic (exact) mass is 265 g/mol. The molecular weight excluding hydrogens is 246 g/mol. The lowest BCUT2D eigenvalue weighted by Gasteiger charge is -2.08. The highest BCUT2D eigenvalue weighted by Gasteiger charge is 2.22. The third-order valence-corrected chi connectivity index (χ3v) is 5.42. The predicted molar refractivity (Wildman–Crippen MR) is 85.7 cm³/mol. The van der Waals surface area contributed by atoms with E-state index in [-0.39, 0.29) is 0 Å². The maximum atomic E-state index is 2.38. The molecule has 1 heterocycles. The van der Waals surface area contributed by atoms with Crippen molar-refractivity contribution in [1.29, 1.82) is 0 Å². The second-order valence-electron chi connectivity index (χ2n) is 5.46. The molecule has 0 fully saturated rings. The summed E-state index contributed by atoms with van der Waals surface area (Å²) in [6.07, 6.45) is 2.35. The summed E-state index contributed by atoms with van der Waals surface area (Å²) >= 11 is 0. The molecule has 2 heteroatoms. The molecule has 0 amide bonds. The van der Waals surface area contributed by atoms with Gasteiger partial charge in [0.15, 0.2) is 0 Å². The van der Waals surface area contributed by atoms with Gasteiger partial charge in [0.25, 0.3) is 0 Å². The van der Waals surface area contributed by atoms with Crippen molar-refractivity contribution in [3.63, 3.8) is 0 Å². The summed E-state index contributed by atoms with van der Waals surface area (Å²) in [5.41, 5.74) is 6.85. The number of para-hydroxylation sites is 1. The third-order valence-electron chi connectivity index (χ3n) is 3.75. The van der Waals surface area contributed by atoms with Gasteiger partial charge in [-0.3, -0.25) is 0 Å². The van der Waals surface area contributed by atoms with Crippen LogP contribution in [0.25, 0.3) is 11.8 Å². The Balaban J connectivity index is 2.28. The molecule has 2 aromatic rings. The van der Waals surface area contributed by atoms with Crippen molar-refractivity contribution >= 4 is 19.7 Å². The first-order chi connectivity index (χ1) is 9.09. The molecule has 0 bridgehead atoms. The predicted octanol–water partition coefficient (Wildman–Crippen LogP) is 4.06.